The molecular formula is C19H21N3O2S. The van der Waals surface area contributed by atoms with Gasteiger partial charge in [0.1, 0.15) is 5.75 Å². The third kappa shape index (κ3) is 3.75. The lowest BCUT2D eigenvalue weighted by Gasteiger charge is -2.31. The normalized spacial score (nSPS) is 18.4. The second-order valence-corrected chi connectivity index (χ2v) is 7.29. The Kier molecular flexibility index (Phi) is 4.81. The maximum atomic E-state index is 5.94. The molecule has 0 aliphatic carbocycles. The monoisotopic (exact) mass is 355 g/mol. The molecular weight excluding hydrogens is 334 g/mol. The highest BCUT2D eigenvalue weighted by Gasteiger charge is 2.26. The van der Waals surface area contributed by atoms with E-state index in [9.17, 15) is 0 Å². The number of likely N-dealkylation sites (tertiary alicyclic amines) is 1. The summed E-state index contributed by atoms with van der Waals surface area (Å²) in [5, 5.41) is 10.6. The zero-order valence-corrected chi connectivity index (χ0v) is 15.0. The van der Waals surface area contributed by atoms with Crippen molar-refractivity contribution in [3.8, 4) is 16.5 Å². The lowest BCUT2D eigenvalue weighted by atomic mass is 9.97. The zero-order chi connectivity index (χ0) is 17.1. The number of hydrogen-bond donors (Lipinski definition) is 0. The first-order valence-electron chi connectivity index (χ1n) is 8.54. The molecule has 0 bridgehead atoms. The van der Waals surface area contributed by atoms with Crippen LogP contribution in [0.5, 0.6) is 5.75 Å². The van der Waals surface area contributed by atoms with E-state index in [4.69, 9.17) is 9.15 Å². The Balaban J connectivity index is 1.42. The fourth-order valence-corrected chi connectivity index (χ4v) is 3.93. The number of piperidine rings is 1. The smallest absolute Gasteiger partial charge is 0.257 e. The lowest BCUT2D eigenvalue weighted by molar-refractivity contribution is 0.186. The van der Waals surface area contributed by atoms with Crippen molar-refractivity contribution in [3.05, 3.63) is 53.2 Å². The molecule has 6 heteroatoms. The summed E-state index contributed by atoms with van der Waals surface area (Å²) in [7, 11) is 1.69. The van der Waals surface area contributed by atoms with Crippen LogP contribution in [0.15, 0.2) is 46.2 Å². The van der Waals surface area contributed by atoms with E-state index >= 15 is 0 Å². The van der Waals surface area contributed by atoms with Gasteiger partial charge >= 0.3 is 0 Å². The van der Waals surface area contributed by atoms with Gasteiger partial charge in [0.25, 0.3) is 5.89 Å². The Labute approximate surface area is 151 Å². The van der Waals surface area contributed by atoms with Crippen molar-refractivity contribution in [2.75, 3.05) is 20.2 Å². The molecule has 1 fully saturated rings. The van der Waals surface area contributed by atoms with Crippen LogP contribution >= 0.6 is 11.3 Å². The molecule has 4 rings (SSSR count). The van der Waals surface area contributed by atoms with Crippen LogP contribution < -0.4 is 4.74 Å². The van der Waals surface area contributed by atoms with E-state index in [1.807, 2.05) is 29.6 Å². The van der Waals surface area contributed by atoms with Crippen LogP contribution in [0.2, 0.25) is 0 Å². The van der Waals surface area contributed by atoms with Crippen LogP contribution in [0.25, 0.3) is 10.8 Å². The van der Waals surface area contributed by atoms with E-state index in [1.54, 1.807) is 18.4 Å². The highest BCUT2D eigenvalue weighted by atomic mass is 32.1. The molecule has 3 heterocycles. The van der Waals surface area contributed by atoms with Crippen molar-refractivity contribution >= 4 is 11.3 Å². The average molecular weight is 355 g/mol. The van der Waals surface area contributed by atoms with E-state index in [0.29, 0.717) is 11.8 Å². The number of thiophene rings is 1. The SMILES string of the molecule is COc1ccc(CN2CCCC(c3nnc(-c4cccs4)o3)C2)cc1. The topological polar surface area (TPSA) is 51.4 Å². The number of aromatic nitrogens is 2. The summed E-state index contributed by atoms with van der Waals surface area (Å²) in [5.41, 5.74) is 1.30. The van der Waals surface area contributed by atoms with Gasteiger partial charge in [-0.25, -0.2) is 0 Å². The third-order valence-corrected chi connectivity index (χ3v) is 5.45. The number of methoxy groups -OCH3 is 1. The van der Waals surface area contributed by atoms with E-state index in [1.165, 1.54) is 5.56 Å². The molecule has 1 aromatic carbocycles. The molecule has 25 heavy (non-hydrogen) atoms. The number of nitrogens with zero attached hydrogens (tertiary/aromatic N) is 3. The molecule has 0 N–H and O–H groups in total. The number of hydrogen-bond acceptors (Lipinski definition) is 6. The van der Waals surface area contributed by atoms with Crippen molar-refractivity contribution in [1.82, 2.24) is 15.1 Å². The van der Waals surface area contributed by atoms with Gasteiger partial charge in [-0.2, -0.15) is 0 Å². The highest BCUT2D eigenvalue weighted by Crippen LogP contribution is 2.30. The molecule has 5 nitrogen and oxygen atoms in total. The molecule has 1 aliphatic heterocycles. The van der Waals surface area contributed by atoms with E-state index < -0.39 is 0 Å². The summed E-state index contributed by atoms with van der Waals surface area (Å²) in [5.74, 6) is 2.61. The molecule has 1 saturated heterocycles. The first-order chi connectivity index (χ1) is 12.3. The second-order valence-electron chi connectivity index (χ2n) is 6.35. The third-order valence-electron chi connectivity index (χ3n) is 4.59. The molecule has 0 radical (unpaired) electrons. The van der Waals surface area contributed by atoms with Gasteiger partial charge in [0.15, 0.2) is 0 Å². The van der Waals surface area contributed by atoms with E-state index in [-0.39, 0.29) is 0 Å². The van der Waals surface area contributed by atoms with Crippen molar-refractivity contribution in [2.45, 2.75) is 25.3 Å². The van der Waals surface area contributed by atoms with Gasteiger partial charge in [0.2, 0.25) is 5.89 Å². The summed E-state index contributed by atoms with van der Waals surface area (Å²) in [6, 6.07) is 12.3. The molecule has 3 aromatic rings. The van der Waals surface area contributed by atoms with Crippen LogP contribution in [0.1, 0.15) is 30.2 Å². The fourth-order valence-electron chi connectivity index (χ4n) is 3.29. The van der Waals surface area contributed by atoms with Gasteiger partial charge in [-0.15, -0.1) is 21.5 Å². The van der Waals surface area contributed by atoms with Crippen LogP contribution in [0, 0.1) is 0 Å². The van der Waals surface area contributed by atoms with Gasteiger partial charge in [0.05, 0.1) is 17.9 Å². The van der Waals surface area contributed by atoms with Crippen molar-refractivity contribution in [1.29, 1.82) is 0 Å². The van der Waals surface area contributed by atoms with Crippen molar-refractivity contribution in [3.63, 3.8) is 0 Å². The maximum Gasteiger partial charge on any atom is 0.257 e. The molecule has 0 amide bonds. The summed E-state index contributed by atoms with van der Waals surface area (Å²) >= 11 is 1.62. The minimum absolute atomic E-state index is 0.313. The average Bonchev–Trinajstić information content (AvgIpc) is 3.34. The predicted molar refractivity (Wildman–Crippen MR) is 97.9 cm³/mol. The van der Waals surface area contributed by atoms with Gasteiger partial charge in [-0.1, -0.05) is 18.2 Å². The molecule has 0 saturated carbocycles. The van der Waals surface area contributed by atoms with Gasteiger partial charge < -0.3 is 9.15 Å². The van der Waals surface area contributed by atoms with Gasteiger partial charge in [-0.3, -0.25) is 4.90 Å². The molecule has 2 aromatic heterocycles. The fraction of sp³-hybridized carbons (Fsp3) is 0.368. The minimum Gasteiger partial charge on any atom is -0.497 e. The summed E-state index contributed by atoms with van der Waals surface area (Å²) in [6.45, 7) is 3.00. The Hall–Kier alpha value is -2.18. The lowest BCUT2D eigenvalue weighted by Crippen LogP contribution is -2.34. The van der Waals surface area contributed by atoms with E-state index in [0.717, 1.165) is 49.0 Å². The summed E-state index contributed by atoms with van der Waals surface area (Å²) in [4.78, 5) is 3.50. The molecule has 130 valence electrons. The van der Waals surface area contributed by atoms with Crippen LogP contribution in [-0.4, -0.2) is 35.3 Å². The first kappa shape index (κ1) is 16.3. The minimum atomic E-state index is 0.313. The first-order valence-corrected chi connectivity index (χ1v) is 9.42. The molecule has 1 aliphatic rings. The number of rotatable bonds is 5. The largest absolute Gasteiger partial charge is 0.497 e. The van der Waals surface area contributed by atoms with E-state index in [2.05, 4.69) is 27.2 Å². The molecule has 1 atom stereocenters. The number of benzene rings is 1. The highest BCUT2D eigenvalue weighted by molar-refractivity contribution is 7.13. The number of ether oxygens (including phenoxy) is 1. The van der Waals surface area contributed by atoms with Gasteiger partial charge in [0, 0.05) is 13.1 Å². The standard InChI is InChI=1S/C19H21N3O2S/c1-23-16-8-6-14(7-9-16)12-22-10-2-4-15(13-22)18-20-21-19(24-18)17-5-3-11-25-17/h3,5-9,11,15H,2,4,10,12-13H2,1H3. The second kappa shape index (κ2) is 7.37. The van der Waals surface area contributed by atoms with Gasteiger partial charge in [-0.05, 0) is 48.5 Å². The quantitative estimate of drug-likeness (QED) is 0.687. The summed E-state index contributed by atoms with van der Waals surface area (Å²) < 4.78 is 11.2. The van der Waals surface area contributed by atoms with Crippen molar-refractivity contribution in [2.24, 2.45) is 0 Å². The Morgan fingerprint density at radius 1 is 1.24 bits per heavy atom. The Morgan fingerprint density at radius 3 is 2.88 bits per heavy atom. The molecule has 1 unspecified atom stereocenters. The van der Waals surface area contributed by atoms with Crippen LogP contribution in [0.3, 0.4) is 0 Å². The zero-order valence-electron chi connectivity index (χ0n) is 14.2. The van der Waals surface area contributed by atoms with Crippen molar-refractivity contribution < 1.29 is 9.15 Å². The predicted octanol–water partition coefficient (Wildman–Crippen LogP) is 4.19. The Morgan fingerprint density at radius 2 is 2.12 bits per heavy atom. The van der Waals surface area contributed by atoms with Crippen LogP contribution in [0.4, 0.5) is 0 Å². The van der Waals surface area contributed by atoms with Crippen LogP contribution in [-0.2, 0) is 6.54 Å². The Bertz CT molecular complexity index is 798. The summed E-state index contributed by atoms with van der Waals surface area (Å²) in [6.07, 6.45) is 2.25. The molecule has 0 spiro atoms. The maximum absolute atomic E-state index is 5.94.